The van der Waals surface area contributed by atoms with Crippen molar-refractivity contribution >= 4 is 23.6 Å². The number of amides is 3. The fourth-order valence-corrected chi connectivity index (χ4v) is 6.17. The number of pyridine rings is 1. The molecule has 11 heteroatoms. The van der Waals surface area contributed by atoms with E-state index in [-0.39, 0.29) is 48.4 Å². The Morgan fingerprint density at radius 3 is 2.29 bits per heavy atom. The van der Waals surface area contributed by atoms with Gasteiger partial charge in [-0.2, -0.15) is 0 Å². The molecule has 0 aromatic carbocycles. The molecule has 2 atom stereocenters. The summed E-state index contributed by atoms with van der Waals surface area (Å²) in [4.78, 5) is 51.8. The highest BCUT2D eigenvalue weighted by atomic mass is 16.6. The van der Waals surface area contributed by atoms with Gasteiger partial charge in [0.15, 0.2) is 5.69 Å². The highest BCUT2D eigenvalue weighted by molar-refractivity contribution is 5.98. The van der Waals surface area contributed by atoms with Gasteiger partial charge in [0.05, 0.1) is 37.0 Å². The summed E-state index contributed by atoms with van der Waals surface area (Å²) in [6, 6.07) is 1.84. The molecule has 3 amide bonds. The molecule has 3 aliphatic rings. The molecule has 2 unspecified atom stereocenters. The van der Waals surface area contributed by atoms with E-state index < -0.39 is 23.7 Å². The zero-order valence-electron chi connectivity index (χ0n) is 28.9. The van der Waals surface area contributed by atoms with E-state index in [2.05, 4.69) is 39.9 Å². The van der Waals surface area contributed by atoms with Crippen molar-refractivity contribution in [1.82, 2.24) is 19.7 Å². The zero-order chi connectivity index (χ0) is 33.1. The molecule has 252 valence electrons. The van der Waals surface area contributed by atoms with Crippen molar-refractivity contribution in [2.75, 3.05) is 58.4 Å². The molecule has 3 heterocycles. The molecule has 2 saturated heterocycles. The molecule has 2 aliphatic heterocycles. The number of hydrogen-bond acceptors (Lipinski definition) is 8. The number of methoxy groups -OCH3 is 1. The first-order valence-corrected chi connectivity index (χ1v) is 16.5. The lowest BCUT2D eigenvalue weighted by Gasteiger charge is -2.44. The number of hydrogen-bond donors (Lipinski definition) is 1. The smallest absolute Gasteiger partial charge is 0.410 e. The van der Waals surface area contributed by atoms with Gasteiger partial charge < -0.3 is 34.2 Å². The average Bonchev–Trinajstić information content (AvgIpc) is 2.95. The summed E-state index contributed by atoms with van der Waals surface area (Å²) in [5.74, 6) is -0.533. The molecule has 11 nitrogen and oxygen atoms in total. The lowest BCUT2D eigenvalue weighted by molar-refractivity contribution is -0.142. The van der Waals surface area contributed by atoms with Crippen LogP contribution in [0, 0.1) is 11.8 Å². The van der Waals surface area contributed by atoms with Gasteiger partial charge in [0.1, 0.15) is 5.60 Å². The third-order valence-electron chi connectivity index (χ3n) is 8.76. The van der Waals surface area contributed by atoms with E-state index >= 15 is 0 Å². The van der Waals surface area contributed by atoms with Crippen LogP contribution >= 0.6 is 0 Å². The van der Waals surface area contributed by atoms with Crippen molar-refractivity contribution in [2.45, 2.75) is 104 Å². The largest absolute Gasteiger partial charge is 0.444 e. The van der Waals surface area contributed by atoms with Crippen molar-refractivity contribution in [2.24, 2.45) is 11.8 Å². The number of likely N-dealkylation sites (tertiary alicyclic amines) is 1. The number of aromatic nitrogens is 1. The van der Waals surface area contributed by atoms with Gasteiger partial charge in [-0.05, 0) is 63.0 Å². The van der Waals surface area contributed by atoms with Gasteiger partial charge in [-0.1, -0.05) is 34.6 Å². The van der Waals surface area contributed by atoms with E-state index in [1.165, 1.54) is 0 Å². The Kier molecular flexibility index (Phi) is 11.1. The minimum Gasteiger partial charge on any atom is -0.444 e. The van der Waals surface area contributed by atoms with E-state index in [1.54, 1.807) is 18.2 Å². The number of ether oxygens (including phenoxy) is 3. The van der Waals surface area contributed by atoms with Crippen LogP contribution in [0.2, 0.25) is 0 Å². The van der Waals surface area contributed by atoms with Gasteiger partial charge in [-0.3, -0.25) is 9.59 Å². The Morgan fingerprint density at radius 2 is 1.71 bits per heavy atom. The third kappa shape index (κ3) is 9.09. The van der Waals surface area contributed by atoms with Gasteiger partial charge in [0.25, 0.3) is 5.91 Å². The molecule has 1 N–H and O–H groups in total. The van der Waals surface area contributed by atoms with Crippen LogP contribution in [0.4, 0.5) is 10.5 Å². The Hall–Kier alpha value is -2.92. The highest BCUT2D eigenvalue weighted by Gasteiger charge is 2.42. The second-order valence-electron chi connectivity index (χ2n) is 15.3. The van der Waals surface area contributed by atoms with E-state index in [0.717, 1.165) is 18.4 Å². The molecule has 45 heavy (non-hydrogen) atoms. The van der Waals surface area contributed by atoms with E-state index in [1.807, 2.05) is 36.6 Å². The van der Waals surface area contributed by atoms with Crippen LogP contribution in [-0.2, 0) is 24.4 Å². The second kappa shape index (κ2) is 14.2. The third-order valence-corrected chi connectivity index (χ3v) is 8.76. The minimum atomic E-state index is -0.691. The average molecular weight is 630 g/mol. The van der Waals surface area contributed by atoms with Gasteiger partial charge in [-0.15, -0.1) is 0 Å². The van der Waals surface area contributed by atoms with Crippen LogP contribution in [0.5, 0.6) is 0 Å². The van der Waals surface area contributed by atoms with Gasteiger partial charge in [0.2, 0.25) is 5.91 Å². The van der Waals surface area contributed by atoms with E-state index in [0.29, 0.717) is 50.7 Å². The zero-order valence-corrected chi connectivity index (χ0v) is 28.9. The predicted molar refractivity (Wildman–Crippen MR) is 173 cm³/mol. The van der Waals surface area contributed by atoms with Crippen LogP contribution in [0.15, 0.2) is 12.3 Å². The number of carbonyl (C=O) groups excluding carboxylic acids is 3. The summed E-state index contributed by atoms with van der Waals surface area (Å²) >= 11 is 0. The summed E-state index contributed by atoms with van der Waals surface area (Å²) < 4.78 is 16.7. The van der Waals surface area contributed by atoms with Crippen molar-refractivity contribution in [3.63, 3.8) is 0 Å². The summed E-state index contributed by atoms with van der Waals surface area (Å²) in [5, 5.41) is 3.59. The van der Waals surface area contributed by atoms with Crippen LogP contribution < -0.4 is 5.32 Å². The first kappa shape index (κ1) is 34.9. The maximum absolute atomic E-state index is 14.6. The molecule has 0 bridgehead atoms. The maximum atomic E-state index is 14.6. The van der Waals surface area contributed by atoms with Crippen LogP contribution in [0.1, 0.15) is 90.7 Å². The number of anilines is 1. The number of carbonyl (C=O) groups is 3. The molecular weight excluding hydrogens is 574 g/mol. The predicted octanol–water partition coefficient (Wildman–Crippen LogP) is 4.55. The number of piperidine rings is 1. The highest BCUT2D eigenvalue weighted by Crippen LogP contribution is 2.33. The standard InChI is InChI=1S/C34H55N5O6/c1-22(2)19-39(31(41)29-28(36-25-16-27(17-25)43-9)15-24(18-35-29)33(3,4)5)26-14-23(30(40)37-10-12-44-13-11-37)20-38(21-26)32(42)45-34(6,7)8/h15,18,22-23,25-27,36H,10-14,16-17,19-21H2,1-9H3. The molecule has 4 rings (SSSR count). The molecule has 1 aromatic heterocycles. The molecule has 3 fully saturated rings. The maximum Gasteiger partial charge on any atom is 0.410 e. The molecular formula is C34H55N5O6. The van der Waals surface area contributed by atoms with Crippen molar-refractivity contribution in [1.29, 1.82) is 0 Å². The van der Waals surface area contributed by atoms with Crippen LogP contribution in [0.25, 0.3) is 0 Å². The Labute approximate surface area is 269 Å². The van der Waals surface area contributed by atoms with Gasteiger partial charge >= 0.3 is 6.09 Å². The summed E-state index contributed by atoms with van der Waals surface area (Å²) in [5.41, 5.74) is 1.26. The molecule has 1 saturated carbocycles. The monoisotopic (exact) mass is 629 g/mol. The SMILES string of the molecule is COC1CC(Nc2cc(C(C)(C)C)cnc2C(=O)N(CC(C)C)C2CC(C(=O)N3CCOCC3)CN(C(=O)OC(C)(C)C)C2)C1. The van der Waals surface area contributed by atoms with Crippen LogP contribution in [-0.4, -0.2) is 114 Å². The lowest BCUT2D eigenvalue weighted by atomic mass is 9.86. The Bertz CT molecular complexity index is 1200. The Morgan fingerprint density at radius 1 is 1.04 bits per heavy atom. The quantitative estimate of drug-likeness (QED) is 0.446. The normalized spacial score (nSPS) is 24.2. The summed E-state index contributed by atoms with van der Waals surface area (Å²) in [7, 11) is 1.73. The van der Waals surface area contributed by atoms with Crippen molar-refractivity contribution in [3.05, 3.63) is 23.5 Å². The molecule has 0 radical (unpaired) electrons. The van der Waals surface area contributed by atoms with Crippen molar-refractivity contribution in [3.8, 4) is 0 Å². The molecule has 0 spiro atoms. The first-order valence-electron chi connectivity index (χ1n) is 16.5. The van der Waals surface area contributed by atoms with Crippen molar-refractivity contribution < 1.29 is 28.6 Å². The molecule has 1 aliphatic carbocycles. The summed E-state index contributed by atoms with van der Waals surface area (Å²) in [6.45, 7) is 19.0. The Balaban J connectivity index is 1.68. The van der Waals surface area contributed by atoms with Gasteiger partial charge in [-0.25, -0.2) is 9.78 Å². The fraction of sp³-hybridized carbons (Fsp3) is 0.765. The number of morpholine rings is 1. The second-order valence-corrected chi connectivity index (χ2v) is 15.3. The number of rotatable bonds is 8. The number of nitrogens with zero attached hydrogens (tertiary/aromatic N) is 4. The first-order chi connectivity index (χ1) is 21.1. The van der Waals surface area contributed by atoms with E-state index in [9.17, 15) is 14.4 Å². The summed E-state index contributed by atoms with van der Waals surface area (Å²) in [6.07, 6.45) is 3.70. The molecule has 1 aromatic rings. The number of nitrogens with one attached hydrogen (secondary N) is 1. The fourth-order valence-electron chi connectivity index (χ4n) is 6.17. The minimum absolute atomic E-state index is 0.0128. The van der Waals surface area contributed by atoms with E-state index in [4.69, 9.17) is 19.2 Å². The van der Waals surface area contributed by atoms with Crippen LogP contribution in [0.3, 0.4) is 0 Å². The van der Waals surface area contributed by atoms with Gasteiger partial charge in [0, 0.05) is 52.1 Å². The lowest BCUT2D eigenvalue weighted by Crippen LogP contribution is -2.58. The topological polar surface area (TPSA) is 114 Å².